The Kier molecular flexibility index (Phi) is 7.71. The fraction of sp³-hybridized carbons (Fsp3) is 0.444. The van der Waals surface area contributed by atoms with Gasteiger partial charge < -0.3 is 15.4 Å². The van der Waals surface area contributed by atoms with Crippen LogP contribution in [0.2, 0.25) is 0 Å². The second kappa shape index (κ2) is 10.1. The van der Waals surface area contributed by atoms with Crippen LogP contribution < -0.4 is 10.6 Å². The zero-order valence-corrected chi connectivity index (χ0v) is 15.4. The van der Waals surface area contributed by atoms with Gasteiger partial charge in [0, 0.05) is 31.3 Å². The second-order valence-corrected chi connectivity index (χ2v) is 6.48. The van der Waals surface area contributed by atoms with E-state index in [2.05, 4.69) is 46.6 Å². The molecule has 1 atom stereocenters. The number of nitrogens with zero attached hydrogens (tertiary/aromatic N) is 2. The smallest absolute Gasteiger partial charge is 0.191 e. The van der Waals surface area contributed by atoms with E-state index in [1.165, 1.54) is 4.88 Å². The van der Waals surface area contributed by atoms with E-state index in [1.54, 1.807) is 18.4 Å². The molecule has 0 radical (unpaired) electrons. The number of guanidine groups is 1. The van der Waals surface area contributed by atoms with Gasteiger partial charge in [0.25, 0.3) is 0 Å². The summed E-state index contributed by atoms with van der Waals surface area (Å²) in [5.74, 6) is 0.781. The van der Waals surface area contributed by atoms with Gasteiger partial charge in [-0.1, -0.05) is 37.3 Å². The van der Waals surface area contributed by atoms with Gasteiger partial charge in [0.15, 0.2) is 5.96 Å². The Morgan fingerprint density at radius 2 is 2.04 bits per heavy atom. The number of ether oxygens (including phenoxy) is 1. The molecule has 0 saturated heterocycles. The third kappa shape index (κ3) is 5.62. The minimum absolute atomic E-state index is 0.0124. The molecule has 1 aromatic heterocycles. The van der Waals surface area contributed by atoms with E-state index < -0.39 is 0 Å². The van der Waals surface area contributed by atoms with Crippen LogP contribution in [0.1, 0.15) is 35.4 Å². The maximum atomic E-state index is 5.59. The maximum Gasteiger partial charge on any atom is 0.191 e. The molecule has 1 aromatic carbocycles. The summed E-state index contributed by atoms with van der Waals surface area (Å²) >= 11 is 1.72. The molecule has 24 heavy (non-hydrogen) atoms. The predicted molar refractivity (Wildman–Crippen MR) is 101 cm³/mol. The number of thiazole rings is 1. The molecule has 0 bridgehead atoms. The Labute approximate surface area is 148 Å². The molecule has 0 amide bonds. The summed E-state index contributed by atoms with van der Waals surface area (Å²) in [5, 5.41) is 7.65. The third-order valence-electron chi connectivity index (χ3n) is 3.58. The van der Waals surface area contributed by atoms with Crippen molar-refractivity contribution < 1.29 is 4.74 Å². The molecular formula is C18H26N4OS. The summed E-state index contributed by atoms with van der Waals surface area (Å²) in [6, 6.07) is 10.2. The molecule has 0 aliphatic carbocycles. The molecule has 0 aliphatic heterocycles. The molecule has 1 unspecified atom stereocenters. The van der Waals surface area contributed by atoms with Crippen molar-refractivity contribution in [2.45, 2.75) is 32.9 Å². The normalized spacial score (nSPS) is 12.9. The van der Waals surface area contributed by atoms with Crippen molar-refractivity contribution >= 4 is 17.3 Å². The number of methoxy groups -OCH3 is 1. The van der Waals surface area contributed by atoms with Crippen LogP contribution in [0, 0.1) is 0 Å². The van der Waals surface area contributed by atoms with Crippen LogP contribution >= 0.6 is 11.3 Å². The average molecular weight is 347 g/mol. The standard InChI is InChI=1S/C18H26N4OS/c1-4-15-11-20-17(24-15)13-22-18(19-5-2)21-12-16(23-3)14-9-7-6-8-10-14/h6-11,16H,4-5,12-13H2,1-3H3,(H2,19,21,22). The van der Waals surface area contributed by atoms with Gasteiger partial charge in [-0.05, 0) is 18.9 Å². The third-order valence-corrected chi connectivity index (χ3v) is 4.70. The predicted octanol–water partition coefficient (Wildman–Crippen LogP) is 3.15. The van der Waals surface area contributed by atoms with Crippen molar-refractivity contribution in [1.29, 1.82) is 0 Å². The van der Waals surface area contributed by atoms with Crippen molar-refractivity contribution in [3.63, 3.8) is 0 Å². The van der Waals surface area contributed by atoms with E-state index in [-0.39, 0.29) is 6.10 Å². The average Bonchev–Trinajstić information content (AvgIpc) is 3.09. The number of rotatable bonds is 8. The molecule has 5 nitrogen and oxygen atoms in total. The van der Waals surface area contributed by atoms with Gasteiger partial charge in [-0.2, -0.15) is 0 Å². The molecular weight excluding hydrogens is 320 g/mol. The zero-order valence-electron chi connectivity index (χ0n) is 14.6. The summed E-state index contributed by atoms with van der Waals surface area (Å²) in [6.07, 6.45) is 2.94. The maximum absolute atomic E-state index is 5.59. The Morgan fingerprint density at radius 3 is 2.67 bits per heavy atom. The summed E-state index contributed by atoms with van der Waals surface area (Å²) in [5.41, 5.74) is 1.15. The number of aliphatic imine (C=N–C) groups is 1. The Morgan fingerprint density at radius 1 is 1.25 bits per heavy atom. The van der Waals surface area contributed by atoms with Gasteiger partial charge in [-0.3, -0.25) is 0 Å². The van der Waals surface area contributed by atoms with Crippen LogP contribution in [-0.4, -0.2) is 31.1 Å². The van der Waals surface area contributed by atoms with E-state index in [0.29, 0.717) is 13.1 Å². The molecule has 130 valence electrons. The Balaban J connectivity index is 1.95. The van der Waals surface area contributed by atoms with Crippen LogP contribution in [0.4, 0.5) is 0 Å². The van der Waals surface area contributed by atoms with E-state index in [1.807, 2.05) is 24.4 Å². The van der Waals surface area contributed by atoms with Crippen molar-refractivity contribution in [3.05, 3.63) is 52.0 Å². The lowest BCUT2D eigenvalue weighted by Crippen LogP contribution is -2.39. The molecule has 0 aliphatic rings. The van der Waals surface area contributed by atoms with Gasteiger partial charge >= 0.3 is 0 Å². The molecule has 0 saturated carbocycles. The first-order chi connectivity index (χ1) is 11.8. The summed E-state index contributed by atoms with van der Waals surface area (Å²) < 4.78 is 5.59. The first-order valence-electron chi connectivity index (χ1n) is 8.30. The molecule has 2 N–H and O–H groups in total. The lowest BCUT2D eigenvalue weighted by atomic mass is 10.1. The van der Waals surface area contributed by atoms with Gasteiger partial charge in [0.1, 0.15) is 5.01 Å². The van der Waals surface area contributed by atoms with Crippen LogP contribution in [0.3, 0.4) is 0 Å². The van der Waals surface area contributed by atoms with Crippen LogP contribution in [0.15, 0.2) is 41.5 Å². The minimum Gasteiger partial charge on any atom is -0.375 e. The molecule has 2 rings (SSSR count). The number of aromatic nitrogens is 1. The van der Waals surface area contributed by atoms with E-state index >= 15 is 0 Å². The van der Waals surface area contributed by atoms with Gasteiger partial charge in [0.2, 0.25) is 0 Å². The van der Waals surface area contributed by atoms with Gasteiger partial charge in [0.05, 0.1) is 12.6 Å². The van der Waals surface area contributed by atoms with Crippen LogP contribution in [0.25, 0.3) is 0 Å². The highest BCUT2D eigenvalue weighted by molar-refractivity contribution is 7.11. The Hall–Kier alpha value is -1.92. The second-order valence-electron chi connectivity index (χ2n) is 5.28. The van der Waals surface area contributed by atoms with E-state index in [4.69, 9.17) is 4.74 Å². The van der Waals surface area contributed by atoms with Gasteiger partial charge in [-0.15, -0.1) is 11.3 Å². The topological polar surface area (TPSA) is 58.5 Å². The Bertz CT molecular complexity index is 627. The summed E-state index contributed by atoms with van der Waals surface area (Å²) in [4.78, 5) is 10.3. The molecule has 2 aromatic rings. The molecule has 0 fully saturated rings. The monoisotopic (exact) mass is 346 g/mol. The highest BCUT2D eigenvalue weighted by Gasteiger charge is 2.10. The number of nitrogens with one attached hydrogen (secondary N) is 2. The zero-order chi connectivity index (χ0) is 17.2. The summed E-state index contributed by atoms with van der Waals surface area (Å²) in [7, 11) is 1.73. The quantitative estimate of drug-likeness (QED) is 0.569. The highest BCUT2D eigenvalue weighted by Crippen LogP contribution is 2.15. The molecule has 1 heterocycles. The van der Waals surface area contributed by atoms with Crippen molar-refractivity contribution in [3.8, 4) is 0 Å². The summed E-state index contributed by atoms with van der Waals surface area (Å²) in [6.45, 7) is 6.25. The fourth-order valence-electron chi connectivity index (χ4n) is 2.27. The molecule has 0 spiro atoms. The van der Waals surface area contributed by atoms with Crippen molar-refractivity contribution in [2.24, 2.45) is 4.99 Å². The van der Waals surface area contributed by atoms with Crippen LogP contribution in [-0.2, 0) is 17.7 Å². The largest absolute Gasteiger partial charge is 0.375 e. The highest BCUT2D eigenvalue weighted by atomic mass is 32.1. The first-order valence-corrected chi connectivity index (χ1v) is 9.12. The first kappa shape index (κ1) is 18.4. The number of aryl methyl sites for hydroxylation is 1. The lowest BCUT2D eigenvalue weighted by Gasteiger charge is -2.18. The van der Waals surface area contributed by atoms with Crippen molar-refractivity contribution in [1.82, 2.24) is 15.6 Å². The van der Waals surface area contributed by atoms with E-state index in [9.17, 15) is 0 Å². The minimum atomic E-state index is -0.0124. The SMILES string of the molecule is CCNC(=NCc1ncc(CC)s1)NCC(OC)c1ccccc1. The number of hydrogen-bond donors (Lipinski definition) is 2. The van der Waals surface area contributed by atoms with Crippen molar-refractivity contribution in [2.75, 3.05) is 20.2 Å². The fourth-order valence-corrected chi connectivity index (χ4v) is 3.05. The molecule has 6 heteroatoms. The number of hydrogen-bond acceptors (Lipinski definition) is 4. The van der Waals surface area contributed by atoms with Gasteiger partial charge in [-0.25, -0.2) is 9.98 Å². The van der Waals surface area contributed by atoms with Crippen LogP contribution in [0.5, 0.6) is 0 Å². The number of benzene rings is 1. The van der Waals surface area contributed by atoms with E-state index in [0.717, 1.165) is 29.5 Å². The lowest BCUT2D eigenvalue weighted by molar-refractivity contribution is 0.106.